The summed E-state index contributed by atoms with van der Waals surface area (Å²) in [6, 6.07) is 15.6. The van der Waals surface area contributed by atoms with Crippen LogP contribution < -0.4 is 10.2 Å². The summed E-state index contributed by atoms with van der Waals surface area (Å²) in [5, 5.41) is 2.93. The van der Waals surface area contributed by atoms with E-state index in [9.17, 15) is 9.59 Å². The van der Waals surface area contributed by atoms with Gasteiger partial charge in [-0.2, -0.15) is 0 Å². The van der Waals surface area contributed by atoms with E-state index in [1.165, 1.54) is 0 Å². The van der Waals surface area contributed by atoms with Crippen LogP contribution in [0, 0.1) is 12.8 Å². The van der Waals surface area contributed by atoms with Crippen LogP contribution in [0.2, 0.25) is 0 Å². The molecule has 2 amide bonds. The van der Waals surface area contributed by atoms with Crippen molar-refractivity contribution in [3.8, 4) is 0 Å². The van der Waals surface area contributed by atoms with Crippen LogP contribution in [0.25, 0.3) is 0 Å². The number of rotatable bonds is 4. The highest BCUT2D eigenvalue weighted by Crippen LogP contribution is 2.28. The van der Waals surface area contributed by atoms with Crippen LogP contribution in [0.15, 0.2) is 53.0 Å². The minimum Gasteiger partial charge on any atom is -0.352 e. The Balaban J connectivity index is 1.63. The van der Waals surface area contributed by atoms with Crippen LogP contribution in [0.3, 0.4) is 0 Å². The predicted octanol–water partition coefficient (Wildman–Crippen LogP) is 3.43. The standard InChI is InChI=1S/C19H19BrN2O2/c1-13-9-16(7-8-17(13)20)22-12-15(10-18(22)23)19(24)21-11-14-5-3-2-4-6-14/h2-9,15H,10-12H2,1H3,(H,21,24). The zero-order chi connectivity index (χ0) is 17.1. The molecule has 2 aromatic rings. The van der Waals surface area contributed by atoms with Gasteiger partial charge in [0.15, 0.2) is 0 Å². The number of nitrogens with one attached hydrogen (secondary N) is 1. The molecule has 5 heteroatoms. The van der Waals surface area contributed by atoms with Gasteiger partial charge in [-0.1, -0.05) is 46.3 Å². The SMILES string of the molecule is Cc1cc(N2CC(C(=O)NCc3ccccc3)CC2=O)ccc1Br. The molecule has 4 nitrogen and oxygen atoms in total. The maximum atomic E-state index is 12.4. The van der Waals surface area contributed by atoms with Gasteiger partial charge in [0.2, 0.25) is 11.8 Å². The normalized spacial score (nSPS) is 17.2. The number of anilines is 1. The molecule has 24 heavy (non-hydrogen) atoms. The molecule has 0 saturated carbocycles. The summed E-state index contributed by atoms with van der Waals surface area (Å²) in [7, 11) is 0. The average Bonchev–Trinajstić information content (AvgIpc) is 2.98. The number of carbonyl (C=O) groups excluding carboxylic acids is 2. The van der Waals surface area contributed by atoms with E-state index in [4.69, 9.17) is 0 Å². The van der Waals surface area contributed by atoms with Gasteiger partial charge in [0.1, 0.15) is 0 Å². The van der Waals surface area contributed by atoms with Crippen molar-refractivity contribution in [2.24, 2.45) is 5.92 Å². The Morgan fingerprint density at radius 1 is 1.25 bits per heavy atom. The second-order valence-corrected chi connectivity index (χ2v) is 6.90. The van der Waals surface area contributed by atoms with E-state index in [1.54, 1.807) is 4.90 Å². The topological polar surface area (TPSA) is 49.4 Å². The molecule has 3 rings (SSSR count). The highest BCUT2D eigenvalue weighted by molar-refractivity contribution is 9.10. The van der Waals surface area contributed by atoms with Crippen molar-refractivity contribution in [1.82, 2.24) is 5.32 Å². The lowest BCUT2D eigenvalue weighted by Gasteiger charge is -2.17. The van der Waals surface area contributed by atoms with Crippen molar-refractivity contribution in [3.05, 3.63) is 64.1 Å². The summed E-state index contributed by atoms with van der Waals surface area (Å²) in [5.41, 5.74) is 2.96. The molecule has 1 heterocycles. The van der Waals surface area contributed by atoms with Crippen molar-refractivity contribution >= 4 is 33.4 Å². The zero-order valence-electron chi connectivity index (χ0n) is 13.5. The van der Waals surface area contributed by atoms with Gasteiger partial charge in [-0.25, -0.2) is 0 Å². The van der Waals surface area contributed by atoms with E-state index >= 15 is 0 Å². The fraction of sp³-hybridized carbons (Fsp3) is 0.263. The van der Waals surface area contributed by atoms with Crippen molar-refractivity contribution in [2.45, 2.75) is 19.9 Å². The van der Waals surface area contributed by atoms with Crippen molar-refractivity contribution in [3.63, 3.8) is 0 Å². The van der Waals surface area contributed by atoms with Crippen LogP contribution >= 0.6 is 15.9 Å². The highest BCUT2D eigenvalue weighted by Gasteiger charge is 2.35. The van der Waals surface area contributed by atoms with E-state index in [1.807, 2.05) is 55.5 Å². The fourth-order valence-corrected chi connectivity index (χ4v) is 3.11. The average molecular weight is 387 g/mol. The summed E-state index contributed by atoms with van der Waals surface area (Å²) in [6.07, 6.45) is 0.260. The van der Waals surface area contributed by atoms with Crippen LogP contribution in [0.1, 0.15) is 17.5 Å². The monoisotopic (exact) mass is 386 g/mol. The van der Waals surface area contributed by atoms with E-state index in [0.717, 1.165) is 21.3 Å². The van der Waals surface area contributed by atoms with Crippen molar-refractivity contribution in [1.29, 1.82) is 0 Å². The number of hydrogen-bond donors (Lipinski definition) is 1. The molecule has 0 radical (unpaired) electrons. The minimum absolute atomic E-state index is 0.00316. The first kappa shape index (κ1) is 16.7. The molecule has 1 atom stereocenters. The van der Waals surface area contributed by atoms with E-state index < -0.39 is 0 Å². The number of aryl methyl sites for hydroxylation is 1. The van der Waals surface area contributed by atoms with E-state index in [0.29, 0.717) is 13.1 Å². The maximum Gasteiger partial charge on any atom is 0.227 e. The minimum atomic E-state index is -0.301. The molecule has 1 saturated heterocycles. The van der Waals surface area contributed by atoms with Crippen molar-refractivity contribution in [2.75, 3.05) is 11.4 Å². The number of halogens is 1. The van der Waals surface area contributed by atoms with Crippen LogP contribution in [0.5, 0.6) is 0 Å². The van der Waals surface area contributed by atoms with Gasteiger partial charge in [0.05, 0.1) is 5.92 Å². The van der Waals surface area contributed by atoms with Crippen molar-refractivity contribution < 1.29 is 9.59 Å². The lowest BCUT2D eigenvalue weighted by Crippen LogP contribution is -2.32. The van der Waals surface area contributed by atoms with Crippen LogP contribution in [-0.4, -0.2) is 18.4 Å². The van der Waals surface area contributed by atoms with Crippen LogP contribution in [0.4, 0.5) is 5.69 Å². The van der Waals surface area contributed by atoms with Crippen LogP contribution in [-0.2, 0) is 16.1 Å². The van der Waals surface area contributed by atoms with Gasteiger partial charge >= 0.3 is 0 Å². The molecule has 124 valence electrons. The number of amides is 2. The second kappa shape index (κ2) is 7.18. The number of carbonyl (C=O) groups is 2. The molecule has 2 aromatic carbocycles. The molecular formula is C19H19BrN2O2. The largest absolute Gasteiger partial charge is 0.352 e. The third kappa shape index (κ3) is 3.67. The Kier molecular flexibility index (Phi) is 5.00. The Bertz CT molecular complexity index is 761. The Morgan fingerprint density at radius 3 is 2.71 bits per heavy atom. The Labute approximate surface area is 150 Å². The first-order chi connectivity index (χ1) is 11.5. The van der Waals surface area contributed by atoms with E-state index in [-0.39, 0.29) is 24.2 Å². The van der Waals surface area contributed by atoms with E-state index in [2.05, 4.69) is 21.2 Å². The molecule has 0 aliphatic carbocycles. The molecule has 1 unspecified atom stereocenters. The summed E-state index contributed by atoms with van der Waals surface area (Å²) >= 11 is 3.46. The first-order valence-electron chi connectivity index (χ1n) is 7.93. The smallest absolute Gasteiger partial charge is 0.227 e. The lowest BCUT2D eigenvalue weighted by atomic mass is 10.1. The second-order valence-electron chi connectivity index (χ2n) is 6.04. The number of benzene rings is 2. The fourth-order valence-electron chi connectivity index (χ4n) is 2.86. The molecular weight excluding hydrogens is 368 g/mol. The summed E-state index contributed by atoms with van der Waals surface area (Å²) in [4.78, 5) is 26.4. The summed E-state index contributed by atoms with van der Waals surface area (Å²) < 4.78 is 1.01. The molecule has 1 aliphatic heterocycles. The predicted molar refractivity (Wildman–Crippen MR) is 97.6 cm³/mol. The lowest BCUT2D eigenvalue weighted by molar-refractivity contribution is -0.126. The Hall–Kier alpha value is -2.14. The van der Waals surface area contributed by atoms with Gasteiger partial charge in [-0.05, 0) is 36.2 Å². The number of nitrogens with zero attached hydrogens (tertiary/aromatic N) is 1. The molecule has 1 aliphatic rings. The van der Waals surface area contributed by atoms with Gasteiger partial charge in [-0.15, -0.1) is 0 Å². The zero-order valence-corrected chi connectivity index (χ0v) is 15.0. The third-order valence-electron chi connectivity index (χ3n) is 4.26. The molecule has 0 bridgehead atoms. The summed E-state index contributed by atoms with van der Waals surface area (Å²) in [5.74, 6) is -0.370. The highest BCUT2D eigenvalue weighted by atomic mass is 79.9. The Morgan fingerprint density at radius 2 is 2.00 bits per heavy atom. The first-order valence-corrected chi connectivity index (χ1v) is 8.72. The molecule has 1 N–H and O–H groups in total. The quantitative estimate of drug-likeness (QED) is 0.874. The molecule has 0 spiro atoms. The molecule has 1 fully saturated rings. The van der Waals surface area contributed by atoms with Gasteiger partial charge in [0.25, 0.3) is 0 Å². The van der Waals surface area contributed by atoms with Gasteiger partial charge in [-0.3, -0.25) is 9.59 Å². The van der Waals surface area contributed by atoms with Gasteiger partial charge < -0.3 is 10.2 Å². The third-order valence-corrected chi connectivity index (χ3v) is 5.15. The molecule has 0 aromatic heterocycles. The van der Waals surface area contributed by atoms with Gasteiger partial charge in [0, 0.05) is 29.7 Å². The maximum absolute atomic E-state index is 12.4. The number of hydrogen-bond acceptors (Lipinski definition) is 2. The summed E-state index contributed by atoms with van der Waals surface area (Å²) in [6.45, 7) is 2.90.